The predicted octanol–water partition coefficient (Wildman–Crippen LogP) is 2.92. The van der Waals surface area contributed by atoms with Crippen molar-refractivity contribution < 1.29 is 22.6 Å². The van der Waals surface area contributed by atoms with Crippen molar-refractivity contribution in [3.05, 3.63) is 28.8 Å². The normalized spacial score (nSPS) is 17.3. The SMILES string of the molecule is FC(F)(F)C1=Cc2cc3c(cc2C1)OCO3. The summed E-state index contributed by atoms with van der Waals surface area (Å²) in [7, 11) is 0. The second-order valence-corrected chi connectivity index (χ2v) is 3.75. The Bertz CT molecular complexity index is 489. The molecule has 0 radical (unpaired) electrons. The number of alkyl halides is 3. The van der Waals surface area contributed by atoms with E-state index in [0.29, 0.717) is 22.6 Å². The number of halogens is 3. The summed E-state index contributed by atoms with van der Waals surface area (Å²) in [6, 6.07) is 3.21. The lowest BCUT2D eigenvalue weighted by Crippen LogP contribution is -2.11. The van der Waals surface area contributed by atoms with Crippen molar-refractivity contribution in [2.45, 2.75) is 12.6 Å². The standard InChI is InChI=1S/C11H7F3O2/c12-11(13,14)8-1-6-3-9-10(16-5-15-9)4-7(6)2-8/h1,3-4H,2,5H2. The molecule has 0 spiro atoms. The second-order valence-electron chi connectivity index (χ2n) is 3.75. The molecule has 84 valence electrons. The number of rotatable bonds is 0. The molecule has 1 aliphatic heterocycles. The van der Waals surface area contributed by atoms with Crippen LogP contribution in [0.3, 0.4) is 0 Å². The fraction of sp³-hybridized carbons (Fsp3) is 0.273. The fourth-order valence-corrected chi connectivity index (χ4v) is 1.91. The van der Waals surface area contributed by atoms with Crippen LogP contribution in [0.5, 0.6) is 11.5 Å². The van der Waals surface area contributed by atoms with Gasteiger partial charge in [0.05, 0.1) is 0 Å². The Morgan fingerprint density at radius 2 is 1.75 bits per heavy atom. The van der Waals surface area contributed by atoms with Crippen molar-refractivity contribution in [3.8, 4) is 11.5 Å². The van der Waals surface area contributed by atoms with Gasteiger partial charge in [-0.1, -0.05) is 0 Å². The minimum absolute atomic E-state index is 0.0878. The van der Waals surface area contributed by atoms with E-state index >= 15 is 0 Å². The Hall–Kier alpha value is -1.65. The number of ether oxygens (including phenoxy) is 2. The molecule has 1 aliphatic carbocycles. The van der Waals surface area contributed by atoms with Gasteiger partial charge < -0.3 is 9.47 Å². The first-order valence-corrected chi connectivity index (χ1v) is 4.74. The summed E-state index contributed by atoms with van der Waals surface area (Å²) in [6.07, 6.45) is -3.18. The first-order chi connectivity index (χ1) is 7.54. The molecule has 2 aliphatic rings. The maximum atomic E-state index is 12.5. The summed E-state index contributed by atoms with van der Waals surface area (Å²) in [4.78, 5) is 0. The summed E-state index contributed by atoms with van der Waals surface area (Å²) in [5.41, 5.74) is 0.680. The highest BCUT2D eigenvalue weighted by Gasteiger charge is 2.36. The Labute approximate surface area is 89.3 Å². The van der Waals surface area contributed by atoms with Crippen molar-refractivity contribution in [2.75, 3.05) is 6.79 Å². The van der Waals surface area contributed by atoms with E-state index in [1.165, 1.54) is 0 Å². The molecule has 5 heteroatoms. The van der Waals surface area contributed by atoms with Crippen molar-refractivity contribution in [3.63, 3.8) is 0 Å². The average molecular weight is 228 g/mol. The molecule has 0 amide bonds. The molecule has 0 aromatic heterocycles. The van der Waals surface area contributed by atoms with E-state index in [4.69, 9.17) is 9.47 Å². The third-order valence-electron chi connectivity index (χ3n) is 2.71. The van der Waals surface area contributed by atoms with E-state index in [0.717, 1.165) is 6.08 Å². The maximum absolute atomic E-state index is 12.5. The molecule has 1 aromatic rings. The van der Waals surface area contributed by atoms with Gasteiger partial charge in [0.25, 0.3) is 0 Å². The quantitative estimate of drug-likeness (QED) is 0.679. The van der Waals surface area contributed by atoms with E-state index in [9.17, 15) is 13.2 Å². The lowest BCUT2D eigenvalue weighted by atomic mass is 10.1. The first-order valence-electron chi connectivity index (χ1n) is 4.74. The van der Waals surface area contributed by atoms with Crippen LogP contribution in [0.25, 0.3) is 6.08 Å². The van der Waals surface area contributed by atoms with Crippen molar-refractivity contribution in [2.24, 2.45) is 0 Å². The van der Waals surface area contributed by atoms with Crippen LogP contribution in [0.15, 0.2) is 17.7 Å². The van der Waals surface area contributed by atoms with Gasteiger partial charge >= 0.3 is 6.18 Å². The lowest BCUT2D eigenvalue weighted by Gasteiger charge is -2.06. The zero-order valence-electron chi connectivity index (χ0n) is 8.10. The smallest absolute Gasteiger partial charge is 0.413 e. The summed E-state index contributed by atoms with van der Waals surface area (Å²) in [5, 5.41) is 0. The molecule has 0 saturated heterocycles. The molecule has 2 nitrogen and oxygen atoms in total. The topological polar surface area (TPSA) is 18.5 Å². The van der Waals surface area contributed by atoms with Crippen LogP contribution in [0.4, 0.5) is 13.2 Å². The Morgan fingerprint density at radius 1 is 1.06 bits per heavy atom. The fourth-order valence-electron chi connectivity index (χ4n) is 1.91. The second kappa shape index (κ2) is 2.93. The molecule has 1 aromatic carbocycles. The molecule has 3 rings (SSSR count). The van der Waals surface area contributed by atoms with Crippen LogP contribution in [0.2, 0.25) is 0 Å². The number of hydrogen-bond acceptors (Lipinski definition) is 2. The van der Waals surface area contributed by atoms with Crippen LogP contribution >= 0.6 is 0 Å². The van der Waals surface area contributed by atoms with Gasteiger partial charge in [0.15, 0.2) is 11.5 Å². The summed E-state index contributed by atoms with van der Waals surface area (Å²) < 4.78 is 47.7. The highest BCUT2D eigenvalue weighted by molar-refractivity contribution is 5.68. The van der Waals surface area contributed by atoms with Crippen LogP contribution in [-0.2, 0) is 6.42 Å². The lowest BCUT2D eigenvalue weighted by molar-refractivity contribution is -0.0918. The minimum Gasteiger partial charge on any atom is -0.454 e. The van der Waals surface area contributed by atoms with Crippen LogP contribution in [-0.4, -0.2) is 13.0 Å². The van der Waals surface area contributed by atoms with Crippen molar-refractivity contribution >= 4 is 6.08 Å². The predicted molar refractivity (Wildman–Crippen MR) is 50.3 cm³/mol. The molecule has 0 unspecified atom stereocenters. The van der Waals surface area contributed by atoms with E-state index in [1.54, 1.807) is 12.1 Å². The molecular formula is C11H7F3O2. The molecule has 1 heterocycles. The van der Waals surface area contributed by atoms with E-state index in [2.05, 4.69) is 0 Å². The third-order valence-corrected chi connectivity index (χ3v) is 2.71. The molecular weight excluding hydrogens is 221 g/mol. The largest absolute Gasteiger partial charge is 0.454 e. The average Bonchev–Trinajstić information content (AvgIpc) is 2.75. The summed E-state index contributed by atoms with van der Waals surface area (Å²) >= 11 is 0. The number of hydrogen-bond donors (Lipinski definition) is 0. The zero-order chi connectivity index (χ0) is 11.3. The molecule has 0 saturated carbocycles. The highest BCUT2D eigenvalue weighted by atomic mass is 19.4. The van der Waals surface area contributed by atoms with Crippen LogP contribution < -0.4 is 9.47 Å². The van der Waals surface area contributed by atoms with E-state index < -0.39 is 11.7 Å². The zero-order valence-corrected chi connectivity index (χ0v) is 8.10. The van der Waals surface area contributed by atoms with E-state index in [1.807, 2.05) is 0 Å². The van der Waals surface area contributed by atoms with Gasteiger partial charge in [-0.15, -0.1) is 0 Å². The third kappa shape index (κ3) is 1.35. The van der Waals surface area contributed by atoms with Crippen LogP contribution in [0, 0.1) is 0 Å². The monoisotopic (exact) mass is 228 g/mol. The molecule has 16 heavy (non-hydrogen) atoms. The molecule has 0 atom stereocenters. The number of benzene rings is 1. The molecule has 0 fully saturated rings. The van der Waals surface area contributed by atoms with Gasteiger partial charge in [0, 0.05) is 12.0 Å². The van der Waals surface area contributed by atoms with Gasteiger partial charge in [0.1, 0.15) is 0 Å². The Morgan fingerprint density at radius 3 is 2.44 bits per heavy atom. The van der Waals surface area contributed by atoms with Gasteiger partial charge in [0.2, 0.25) is 6.79 Å². The highest BCUT2D eigenvalue weighted by Crippen LogP contribution is 2.42. The van der Waals surface area contributed by atoms with E-state index in [-0.39, 0.29) is 13.2 Å². The minimum atomic E-state index is -4.26. The van der Waals surface area contributed by atoms with Gasteiger partial charge in [-0.25, -0.2) is 0 Å². The first kappa shape index (κ1) is 9.57. The Kier molecular flexibility index (Phi) is 1.75. The summed E-state index contributed by atoms with van der Waals surface area (Å²) in [5.74, 6) is 1.04. The maximum Gasteiger partial charge on any atom is 0.413 e. The molecule has 0 bridgehead atoms. The number of allylic oxidation sites excluding steroid dienone is 1. The van der Waals surface area contributed by atoms with Crippen molar-refractivity contribution in [1.29, 1.82) is 0 Å². The van der Waals surface area contributed by atoms with Gasteiger partial charge in [-0.05, 0) is 29.3 Å². The van der Waals surface area contributed by atoms with Gasteiger partial charge in [-0.3, -0.25) is 0 Å². The van der Waals surface area contributed by atoms with Gasteiger partial charge in [-0.2, -0.15) is 13.2 Å². The van der Waals surface area contributed by atoms with Crippen LogP contribution in [0.1, 0.15) is 11.1 Å². The molecule has 0 N–H and O–H groups in total. The summed E-state index contributed by atoms with van der Waals surface area (Å²) in [6.45, 7) is 0.133. The van der Waals surface area contributed by atoms with Crippen molar-refractivity contribution in [1.82, 2.24) is 0 Å². The Balaban J connectivity index is 2.02. The number of fused-ring (bicyclic) bond motifs is 2.